The van der Waals surface area contributed by atoms with Crippen LogP contribution in [0.1, 0.15) is 16.4 Å². The molecule has 0 aliphatic carbocycles. The summed E-state index contributed by atoms with van der Waals surface area (Å²) in [5.74, 6) is 0.969. The zero-order valence-corrected chi connectivity index (χ0v) is 9.87. The van der Waals surface area contributed by atoms with Gasteiger partial charge in [-0.1, -0.05) is 16.4 Å². The lowest BCUT2D eigenvalue weighted by molar-refractivity contribution is 0.111. The van der Waals surface area contributed by atoms with Gasteiger partial charge in [0.15, 0.2) is 6.29 Å². The van der Waals surface area contributed by atoms with Gasteiger partial charge in [0.1, 0.15) is 12.2 Å². The SMILES string of the molecule is O=Cc1cn(Cc2nc(-c3cccs3)no2)nn1. The molecule has 0 fully saturated rings. The van der Waals surface area contributed by atoms with Crippen molar-refractivity contribution in [3.05, 3.63) is 35.3 Å². The third-order valence-electron chi connectivity index (χ3n) is 2.18. The van der Waals surface area contributed by atoms with Gasteiger partial charge in [-0.25, -0.2) is 4.68 Å². The van der Waals surface area contributed by atoms with Crippen molar-refractivity contribution in [2.24, 2.45) is 0 Å². The summed E-state index contributed by atoms with van der Waals surface area (Å²) in [6.07, 6.45) is 2.15. The monoisotopic (exact) mass is 261 g/mol. The fourth-order valence-electron chi connectivity index (χ4n) is 1.41. The van der Waals surface area contributed by atoms with Crippen LogP contribution in [0.25, 0.3) is 10.7 Å². The van der Waals surface area contributed by atoms with Crippen LogP contribution in [-0.4, -0.2) is 31.4 Å². The molecule has 90 valence electrons. The van der Waals surface area contributed by atoms with Crippen LogP contribution in [0.3, 0.4) is 0 Å². The van der Waals surface area contributed by atoms with Gasteiger partial charge in [0.25, 0.3) is 0 Å². The van der Waals surface area contributed by atoms with E-state index in [-0.39, 0.29) is 5.69 Å². The van der Waals surface area contributed by atoms with E-state index in [1.54, 1.807) is 0 Å². The molecule has 0 aliphatic heterocycles. The average Bonchev–Trinajstić information content (AvgIpc) is 3.10. The molecular weight excluding hydrogens is 254 g/mol. The Kier molecular flexibility index (Phi) is 2.69. The smallest absolute Gasteiger partial charge is 0.248 e. The summed E-state index contributed by atoms with van der Waals surface area (Å²) >= 11 is 1.54. The molecule has 0 bridgehead atoms. The van der Waals surface area contributed by atoms with Crippen LogP contribution in [0, 0.1) is 0 Å². The van der Waals surface area contributed by atoms with Crippen LogP contribution in [0.5, 0.6) is 0 Å². The number of carbonyl (C=O) groups is 1. The van der Waals surface area contributed by atoms with Gasteiger partial charge in [-0.15, -0.1) is 16.4 Å². The number of aldehydes is 1. The Balaban J connectivity index is 1.79. The summed E-state index contributed by atoms with van der Waals surface area (Å²) in [7, 11) is 0. The predicted octanol–water partition coefficient (Wildman–Crippen LogP) is 1.25. The number of aromatic nitrogens is 5. The van der Waals surface area contributed by atoms with Crippen molar-refractivity contribution in [2.75, 3.05) is 0 Å². The lowest BCUT2D eigenvalue weighted by atomic mass is 10.4. The molecule has 8 heteroatoms. The maximum atomic E-state index is 10.5. The van der Waals surface area contributed by atoms with Crippen molar-refractivity contribution < 1.29 is 9.32 Å². The largest absolute Gasteiger partial charge is 0.337 e. The number of hydrogen-bond donors (Lipinski definition) is 0. The Labute approximate surface area is 105 Å². The molecule has 3 aromatic rings. The third kappa shape index (κ3) is 2.05. The van der Waals surface area contributed by atoms with E-state index in [0.717, 1.165) is 4.88 Å². The molecule has 3 aromatic heterocycles. The average molecular weight is 261 g/mol. The second-order valence-corrected chi connectivity index (χ2v) is 4.40. The summed E-state index contributed by atoms with van der Waals surface area (Å²) in [4.78, 5) is 15.6. The van der Waals surface area contributed by atoms with E-state index in [2.05, 4.69) is 20.5 Å². The maximum absolute atomic E-state index is 10.5. The Morgan fingerprint density at radius 2 is 2.44 bits per heavy atom. The number of carbonyl (C=O) groups excluding carboxylic acids is 1. The zero-order chi connectivity index (χ0) is 12.4. The molecule has 18 heavy (non-hydrogen) atoms. The first-order chi connectivity index (χ1) is 8.85. The molecule has 0 spiro atoms. The fourth-order valence-corrected chi connectivity index (χ4v) is 2.06. The molecule has 0 atom stereocenters. The molecule has 7 nitrogen and oxygen atoms in total. The van der Waals surface area contributed by atoms with Crippen molar-refractivity contribution in [2.45, 2.75) is 6.54 Å². The Bertz CT molecular complexity index is 657. The maximum Gasteiger partial charge on any atom is 0.248 e. The minimum atomic E-state index is 0.271. The minimum Gasteiger partial charge on any atom is -0.337 e. The lowest BCUT2D eigenvalue weighted by Gasteiger charge is -1.91. The first-order valence-corrected chi connectivity index (χ1v) is 5.95. The van der Waals surface area contributed by atoms with Crippen LogP contribution < -0.4 is 0 Å². The molecule has 3 rings (SSSR count). The number of hydrogen-bond acceptors (Lipinski definition) is 7. The normalized spacial score (nSPS) is 10.7. The molecule has 0 radical (unpaired) electrons. The molecule has 0 aromatic carbocycles. The Hall–Kier alpha value is -2.35. The van der Waals surface area contributed by atoms with E-state index in [4.69, 9.17) is 4.52 Å². The molecule has 0 saturated carbocycles. The summed E-state index contributed by atoms with van der Waals surface area (Å²) in [5, 5.41) is 13.2. The van der Waals surface area contributed by atoms with Crippen LogP contribution in [0.4, 0.5) is 0 Å². The first-order valence-electron chi connectivity index (χ1n) is 5.07. The van der Waals surface area contributed by atoms with Gasteiger partial charge >= 0.3 is 0 Å². The molecular formula is C10H7N5O2S. The molecule has 3 heterocycles. The van der Waals surface area contributed by atoms with Crippen molar-refractivity contribution in [3.63, 3.8) is 0 Å². The van der Waals surface area contributed by atoms with Crippen LogP contribution in [0.2, 0.25) is 0 Å². The van der Waals surface area contributed by atoms with Gasteiger partial charge in [0.05, 0.1) is 11.1 Å². The van der Waals surface area contributed by atoms with Crippen LogP contribution in [-0.2, 0) is 6.54 Å². The number of rotatable bonds is 4. The second-order valence-electron chi connectivity index (χ2n) is 3.45. The van der Waals surface area contributed by atoms with E-state index in [1.807, 2.05) is 17.5 Å². The highest BCUT2D eigenvalue weighted by Crippen LogP contribution is 2.21. The van der Waals surface area contributed by atoms with Gasteiger partial charge < -0.3 is 4.52 Å². The van der Waals surface area contributed by atoms with Crippen molar-refractivity contribution >= 4 is 17.6 Å². The van der Waals surface area contributed by atoms with E-state index in [9.17, 15) is 4.79 Å². The van der Waals surface area contributed by atoms with Crippen LogP contribution >= 0.6 is 11.3 Å². The summed E-state index contributed by atoms with van der Waals surface area (Å²) in [5.41, 5.74) is 0.271. The van der Waals surface area contributed by atoms with Gasteiger partial charge in [-0.2, -0.15) is 4.98 Å². The molecule has 0 N–H and O–H groups in total. The predicted molar refractivity (Wildman–Crippen MR) is 62.1 cm³/mol. The fraction of sp³-hybridized carbons (Fsp3) is 0.100. The van der Waals surface area contributed by atoms with Gasteiger partial charge in [0, 0.05) is 0 Å². The van der Waals surface area contributed by atoms with E-state index in [1.165, 1.54) is 22.2 Å². The summed E-state index contributed by atoms with van der Waals surface area (Å²) in [6, 6.07) is 3.84. The minimum absolute atomic E-state index is 0.271. The highest BCUT2D eigenvalue weighted by molar-refractivity contribution is 7.13. The van der Waals surface area contributed by atoms with Crippen molar-refractivity contribution in [1.29, 1.82) is 0 Å². The lowest BCUT2D eigenvalue weighted by Crippen LogP contribution is -2.00. The quantitative estimate of drug-likeness (QED) is 0.657. The second kappa shape index (κ2) is 4.49. The first kappa shape index (κ1) is 10.8. The van der Waals surface area contributed by atoms with E-state index < -0.39 is 0 Å². The number of thiophene rings is 1. The molecule has 0 amide bonds. The zero-order valence-electron chi connectivity index (χ0n) is 9.05. The van der Waals surface area contributed by atoms with Crippen molar-refractivity contribution in [1.82, 2.24) is 25.1 Å². The third-order valence-corrected chi connectivity index (χ3v) is 3.05. The van der Waals surface area contributed by atoms with E-state index >= 15 is 0 Å². The van der Waals surface area contributed by atoms with Gasteiger partial charge in [0.2, 0.25) is 11.7 Å². The highest BCUT2D eigenvalue weighted by atomic mass is 32.1. The van der Waals surface area contributed by atoms with Crippen molar-refractivity contribution in [3.8, 4) is 10.7 Å². The standard InChI is InChI=1S/C10H7N5O2S/c16-6-7-4-15(14-12-7)5-9-11-10(13-17-9)8-2-1-3-18-8/h1-4,6H,5H2. The van der Waals surface area contributed by atoms with Gasteiger partial charge in [-0.3, -0.25) is 4.79 Å². The summed E-state index contributed by atoms with van der Waals surface area (Å²) < 4.78 is 6.57. The molecule has 0 unspecified atom stereocenters. The Morgan fingerprint density at radius 1 is 1.50 bits per heavy atom. The topological polar surface area (TPSA) is 86.7 Å². The van der Waals surface area contributed by atoms with Crippen LogP contribution in [0.15, 0.2) is 28.2 Å². The molecule has 0 saturated heterocycles. The Morgan fingerprint density at radius 3 is 3.17 bits per heavy atom. The van der Waals surface area contributed by atoms with Gasteiger partial charge in [-0.05, 0) is 11.4 Å². The summed E-state index contributed by atoms with van der Waals surface area (Å²) in [6.45, 7) is 0.291. The highest BCUT2D eigenvalue weighted by Gasteiger charge is 2.10. The van der Waals surface area contributed by atoms with E-state index in [0.29, 0.717) is 24.5 Å². The molecule has 0 aliphatic rings. The number of nitrogens with zero attached hydrogens (tertiary/aromatic N) is 5.